The molecule has 50 valence electrons. The van der Waals surface area contributed by atoms with Crippen LogP contribution in [0.4, 0.5) is 0 Å². The minimum atomic E-state index is 0. The highest BCUT2D eigenvalue weighted by atomic mass is 33.1. The van der Waals surface area contributed by atoms with Gasteiger partial charge >= 0.3 is 0 Å². The molecule has 0 fully saturated rings. The van der Waals surface area contributed by atoms with E-state index in [1.807, 2.05) is 0 Å². The Bertz CT molecular complexity index is 4.14. The van der Waals surface area contributed by atoms with Gasteiger partial charge in [0.1, 0.15) is 0 Å². The molecule has 0 aliphatic carbocycles. The second kappa shape index (κ2) is 92.6. The summed E-state index contributed by atoms with van der Waals surface area (Å²) < 4.78 is 0. The van der Waals surface area contributed by atoms with Gasteiger partial charge in [-0.15, -0.1) is 70.0 Å². The Morgan fingerprint density at radius 3 is 0.429 bits per heavy atom. The summed E-state index contributed by atoms with van der Waals surface area (Å²) in [4.78, 5) is 0. The molecule has 0 nitrogen and oxygen atoms in total. The lowest BCUT2D eigenvalue weighted by Gasteiger charge is -1.11. The third-order valence-corrected chi connectivity index (χ3v) is 0. The lowest BCUT2D eigenvalue weighted by molar-refractivity contribution is 2.50. The molecule has 0 amide bonds. The minimum Gasteiger partial charge on any atom is -0.115 e. The molecule has 0 saturated heterocycles. The van der Waals surface area contributed by atoms with Crippen molar-refractivity contribution in [2.45, 2.75) is 7.43 Å². The Kier molecular flexibility index (Phi) is 304. The molecule has 0 atom stereocenters. The van der Waals surface area contributed by atoms with E-state index in [4.69, 9.17) is 0 Å². The Labute approximate surface area is 76.9 Å². The van der Waals surface area contributed by atoms with Crippen molar-refractivity contribution in [3.05, 3.63) is 0 Å². The van der Waals surface area contributed by atoms with Gasteiger partial charge < -0.3 is 0 Å². The summed E-state index contributed by atoms with van der Waals surface area (Å²) in [6, 6.07) is 0. The number of hydrogen-bond donors (Lipinski definition) is 6. The topological polar surface area (TPSA) is 0 Å². The lowest BCUT2D eigenvalue weighted by atomic mass is 12.0. The Hall–Kier alpha value is 2.10. The molecule has 7 heavy (non-hydrogen) atoms. The van der Waals surface area contributed by atoms with Crippen LogP contribution >= 0.6 is 70.0 Å². The third-order valence-electron chi connectivity index (χ3n) is 0. The van der Waals surface area contributed by atoms with Crippen LogP contribution in [0, 0.1) is 0 Å². The van der Waals surface area contributed by atoms with Gasteiger partial charge in [-0.1, -0.05) is 7.43 Å². The van der Waals surface area contributed by atoms with Gasteiger partial charge in [0.05, 0.1) is 0 Å². The van der Waals surface area contributed by atoms with Crippen LogP contribution in [-0.4, -0.2) is 0 Å². The van der Waals surface area contributed by atoms with Crippen LogP contribution in [-0.2, 0) is 0 Å². The molecule has 0 unspecified atom stereocenters. The van der Waals surface area contributed by atoms with Crippen LogP contribution in [0.25, 0.3) is 0 Å². The van der Waals surface area contributed by atoms with Gasteiger partial charge in [-0.25, -0.2) is 0 Å². The highest BCUT2D eigenvalue weighted by molar-refractivity contribution is 8.60. The Morgan fingerprint density at radius 1 is 0.429 bits per heavy atom. The Morgan fingerprint density at radius 2 is 0.429 bits per heavy atom. The van der Waals surface area contributed by atoms with Gasteiger partial charge in [-0.3, -0.25) is 0 Å². The maximum Gasteiger partial charge on any atom is -0.0776 e. The molecular formula is CH10S6. The standard InChI is InChI=1S/CH4.3H2S2/c;3*1-2/h1H4;3*1-2H. The summed E-state index contributed by atoms with van der Waals surface area (Å²) in [7, 11) is 0. The predicted octanol–water partition coefficient (Wildman–Crippen LogP) is 2.92. The van der Waals surface area contributed by atoms with E-state index in [0.717, 1.165) is 0 Å². The molecular weight excluding hydrogens is 204 g/mol. The quantitative estimate of drug-likeness (QED) is 0.259. The molecule has 0 radical (unpaired) electrons. The average Bonchev–Trinajstić information content (AvgIpc) is 1.81. The van der Waals surface area contributed by atoms with E-state index in [1.54, 1.807) is 0 Å². The lowest BCUT2D eigenvalue weighted by Crippen LogP contribution is -0.352. The number of hydrogen-bond acceptors (Lipinski definition) is 6. The first-order chi connectivity index (χ1) is 3.00. The molecule has 0 heterocycles. The van der Waals surface area contributed by atoms with Crippen molar-refractivity contribution >= 4 is 70.0 Å². The first kappa shape index (κ1) is 23.0. The summed E-state index contributed by atoms with van der Waals surface area (Å²) in [5.41, 5.74) is 0. The summed E-state index contributed by atoms with van der Waals surface area (Å²) >= 11 is 19.3. The van der Waals surface area contributed by atoms with E-state index in [9.17, 15) is 0 Å². The van der Waals surface area contributed by atoms with Crippen LogP contribution < -0.4 is 0 Å². The van der Waals surface area contributed by atoms with Crippen molar-refractivity contribution in [1.82, 2.24) is 0 Å². The van der Waals surface area contributed by atoms with Crippen molar-refractivity contribution in [2.24, 2.45) is 0 Å². The molecule has 0 aliphatic heterocycles. The van der Waals surface area contributed by atoms with E-state index in [-0.39, 0.29) is 7.43 Å². The largest absolute Gasteiger partial charge is 0.115 e. The van der Waals surface area contributed by atoms with Gasteiger partial charge in [0.15, 0.2) is 0 Å². The van der Waals surface area contributed by atoms with Gasteiger partial charge in [0, 0.05) is 0 Å². The van der Waals surface area contributed by atoms with Gasteiger partial charge in [0.25, 0.3) is 0 Å². The van der Waals surface area contributed by atoms with Gasteiger partial charge in [0.2, 0.25) is 0 Å². The molecule has 0 bridgehead atoms. The van der Waals surface area contributed by atoms with Crippen LogP contribution in [0.15, 0.2) is 0 Å². The van der Waals surface area contributed by atoms with E-state index in [0.29, 0.717) is 0 Å². The van der Waals surface area contributed by atoms with Crippen LogP contribution in [0.3, 0.4) is 0 Å². The predicted molar refractivity (Wildman–Crippen MR) is 60.6 cm³/mol. The fourth-order valence-electron chi connectivity index (χ4n) is 0. The normalized spacial score (nSPS) is 2.57. The van der Waals surface area contributed by atoms with Crippen molar-refractivity contribution in [3.63, 3.8) is 0 Å². The zero-order valence-electron chi connectivity index (χ0n) is 2.68. The van der Waals surface area contributed by atoms with Crippen LogP contribution in [0.1, 0.15) is 7.43 Å². The molecule has 6 heteroatoms. The van der Waals surface area contributed by atoms with Crippen molar-refractivity contribution in [2.75, 3.05) is 0 Å². The molecule has 0 aliphatic rings. The summed E-state index contributed by atoms with van der Waals surface area (Å²) in [5, 5.41) is 0. The second-order valence-electron chi connectivity index (χ2n) is 0. The van der Waals surface area contributed by atoms with Crippen LogP contribution in [0.2, 0.25) is 0 Å². The Balaban J connectivity index is -0.00000000900. The first-order valence-electron chi connectivity index (χ1n) is 0.600. The van der Waals surface area contributed by atoms with E-state index < -0.39 is 0 Å². The number of thiol groups is 6. The van der Waals surface area contributed by atoms with Crippen molar-refractivity contribution in [1.29, 1.82) is 0 Å². The van der Waals surface area contributed by atoms with Gasteiger partial charge in [-0.05, 0) is 0 Å². The molecule has 0 saturated carbocycles. The van der Waals surface area contributed by atoms with Crippen LogP contribution in [0.5, 0.6) is 0 Å². The smallest absolute Gasteiger partial charge is 0.0776 e. The monoisotopic (exact) mass is 214 g/mol. The molecule has 0 rings (SSSR count). The zero-order valence-corrected chi connectivity index (χ0v) is 8.05. The molecule has 0 aromatic carbocycles. The first-order valence-corrected chi connectivity index (χ1v) is 5.40. The summed E-state index contributed by atoms with van der Waals surface area (Å²) in [5.74, 6) is 0. The fourth-order valence-corrected chi connectivity index (χ4v) is 0. The number of rotatable bonds is 0. The highest BCUT2D eigenvalue weighted by Gasteiger charge is 0.889. The maximum absolute atomic E-state index is 3.22. The third kappa shape index (κ3) is 68.3. The maximum atomic E-state index is 3.22. The van der Waals surface area contributed by atoms with Crippen molar-refractivity contribution in [3.8, 4) is 0 Å². The SMILES string of the molecule is C.SS.SS.SS. The zero-order chi connectivity index (χ0) is 6.00. The van der Waals surface area contributed by atoms with E-state index >= 15 is 0 Å². The van der Waals surface area contributed by atoms with Gasteiger partial charge in [-0.2, -0.15) is 0 Å². The molecule has 0 aromatic rings. The summed E-state index contributed by atoms with van der Waals surface area (Å²) in [6.07, 6.45) is 0. The van der Waals surface area contributed by atoms with Crippen molar-refractivity contribution < 1.29 is 0 Å². The minimum absolute atomic E-state index is 0. The molecule has 0 spiro atoms. The highest BCUT2D eigenvalue weighted by Crippen LogP contribution is 1.65. The fraction of sp³-hybridized carbons (Fsp3) is 1.00. The van der Waals surface area contributed by atoms with E-state index in [1.165, 1.54) is 0 Å². The van der Waals surface area contributed by atoms with E-state index in [2.05, 4.69) is 70.0 Å². The summed E-state index contributed by atoms with van der Waals surface area (Å²) in [6.45, 7) is 0. The molecule has 0 N–H and O–H groups in total. The second-order valence-corrected chi connectivity index (χ2v) is 0. The molecule has 0 aromatic heterocycles. The average molecular weight is 214 g/mol.